The smallest absolute Gasteiger partial charge is 0 e. The van der Waals surface area contributed by atoms with Crippen molar-refractivity contribution in [2.24, 2.45) is 0 Å². The molecule has 0 saturated heterocycles. The van der Waals surface area contributed by atoms with E-state index in [-0.39, 0.29) is 17.4 Å². The van der Waals surface area contributed by atoms with Crippen LogP contribution in [-0.4, -0.2) is 24.2 Å². The molecule has 1 aromatic rings. The van der Waals surface area contributed by atoms with E-state index >= 15 is 0 Å². The van der Waals surface area contributed by atoms with Crippen molar-refractivity contribution in [2.45, 2.75) is 79.6 Å². The predicted molar refractivity (Wildman–Crippen MR) is 103 cm³/mol. The molecule has 0 bridgehead atoms. The van der Waals surface area contributed by atoms with Gasteiger partial charge in [0.25, 0.3) is 5.69 Å². The summed E-state index contributed by atoms with van der Waals surface area (Å²) < 4.78 is 73.8. The second-order valence-electron chi connectivity index (χ2n) is 6.73. The van der Waals surface area contributed by atoms with Crippen molar-refractivity contribution in [3.63, 3.8) is 0 Å². The number of rotatable bonds is 5. The van der Waals surface area contributed by atoms with Crippen LogP contribution in [0.2, 0.25) is 0 Å². The summed E-state index contributed by atoms with van der Waals surface area (Å²) in [4.78, 5) is 6.11. The molecule has 0 radical (unpaired) electrons. The van der Waals surface area contributed by atoms with Crippen molar-refractivity contribution in [3.8, 4) is 0 Å². The monoisotopic (exact) mass is 553 g/mol. The largest absolute Gasteiger partial charge is 0.222 e. The summed E-state index contributed by atoms with van der Waals surface area (Å²) in [6.45, 7) is 47.5. The molecule has 14 heteroatoms. The molecule has 0 aliphatic rings. The van der Waals surface area contributed by atoms with Gasteiger partial charge in [0.15, 0.2) is 0 Å². The molecule has 0 aliphatic carbocycles. The summed E-state index contributed by atoms with van der Waals surface area (Å²) in [6, 6.07) is 1.69. The third kappa shape index (κ3) is 25.0. The first kappa shape index (κ1) is 50.0. The second kappa shape index (κ2) is 30.1. The maximum absolute atomic E-state index is 8.49. The fourth-order valence-electron chi connectivity index (χ4n) is 2.98. The minimum absolute atomic E-state index is 0. The Morgan fingerprint density at radius 2 is 0.914 bits per heavy atom. The van der Waals surface area contributed by atoms with Crippen molar-refractivity contribution in [1.82, 2.24) is 4.58 Å². The van der Waals surface area contributed by atoms with Crippen LogP contribution < -0.4 is 33.5 Å². The quantitative estimate of drug-likeness (QED) is 0.239. The van der Waals surface area contributed by atoms with Crippen molar-refractivity contribution in [3.05, 3.63) is 50.0 Å². The van der Waals surface area contributed by atoms with Crippen LogP contribution in [0.15, 0.2) is 0 Å². The van der Waals surface area contributed by atoms with Crippen LogP contribution in [0.5, 0.6) is 0 Å². The minimum atomic E-state index is -4.94. The van der Waals surface area contributed by atoms with Crippen molar-refractivity contribution >= 4 is 11.4 Å². The van der Waals surface area contributed by atoms with Crippen LogP contribution in [-0.2, 0) is 40.6 Å². The van der Waals surface area contributed by atoms with E-state index in [1.54, 1.807) is 0 Å². The minimum Gasteiger partial charge on any atom is -0.222 e. The SMILES string of the molecule is [C-]#[N+]c1c(N(C(C)C)C(C)C)c1=[N+](C(C)C)C(C)C.[C-]#[O+].[C-]#[O+].[C-]#[O+].[C-]#[O+].[C-]#[O+].[Cr].[O-][Cl+3]([O-])([O-])[O-]. The molecule has 0 N–H and O–H groups in total. The molecule has 0 aromatic heterocycles. The van der Waals surface area contributed by atoms with Gasteiger partial charge in [-0.05, 0) is 55.4 Å². The Bertz CT molecular complexity index is 747. The molecule has 12 nitrogen and oxygen atoms in total. The molecule has 0 heterocycles. The van der Waals surface area contributed by atoms with Gasteiger partial charge in [-0.15, -0.1) is 10.2 Å². The molecular weight excluding hydrogens is 526 g/mol. The fraction of sp³-hybridized carbons (Fsp3) is 0.571. The molecular formula is C21H28ClCrN3O9. The average molecular weight is 554 g/mol. The molecule has 194 valence electrons. The van der Waals surface area contributed by atoms with E-state index in [9.17, 15) is 0 Å². The predicted octanol–water partition coefficient (Wildman–Crippen LogP) is -1.62. The van der Waals surface area contributed by atoms with E-state index < -0.39 is 10.2 Å². The van der Waals surface area contributed by atoms with Crippen molar-refractivity contribution in [2.75, 3.05) is 4.90 Å². The molecule has 35 heavy (non-hydrogen) atoms. The average Bonchev–Trinajstić information content (AvgIpc) is 3.45. The first-order valence-corrected chi connectivity index (χ1v) is 10.2. The van der Waals surface area contributed by atoms with Crippen molar-refractivity contribution in [1.29, 1.82) is 0 Å². The Morgan fingerprint density at radius 1 is 0.686 bits per heavy atom. The first-order valence-electron chi connectivity index (χ1n) is 8.93. The van der Waals surface area contributed by atoms with Gasteiger partial charge < -0.3 is 4.90 Å². The zero-order valence-electron chi connectivity index (χ0n) is 20.6. The van der Waals surface area contributed by atoms with Gasteiger partial charge in [-0.3, -0.25) is 0 Å². The van der Waals surface area contributed by atoms with E-state index in [1.807, 2.05) is 0 Å². The Kier molecular flexibility index (Phi) is 43.0. The molecule has 1 aromatic carbocycles. The normalized spacial score (nSPS) is 8.49. The molecule has 0 spiro atoms. The zero-order valence-corrected chi connectivity index (χ0v) is 22.6. The van der Waals surface area contributed by atoms with Gasteiger partial charge in [0.05, 0.1) is 6.57 Å². The second-order valence-corrected chi connectivity index (χ2v) is 7.48. The van der Waals surface area contributed by atoms with Crippen molar-refractivity contribution < 1.29 is 69.5 Å². The summed E-state index contributed by atoms with van der Waals surface area (Å²) in [5, 5.41) is 1.17. The van der Waals surface area contributed by atoms with Crippen LogP contribution in [0.3, 0.4) is 0 Å². The Labute approximate surface area is 219 Å². The molecule has 0 fully saturated rings. The van der Waals surface area contributed by atoms with E-state index in [1.165, 1.54) is 11.0 Å². The Morgan fingerprint density at radius 3 is 1.06 bits per heavy atom. The van der Waals surface area contributed by atoms with Crippen LogP contribution in [0.4, 0.5) is 11.4 Å². The number of hydrogen-bond acceptors (Lipinski definition) is 5. The number of halogens is 1. The fourth-order valence-corrected chi connectivity index (χ4v) is 2.98. The third-order valence-corrected chi connectivity index (χ3v) is 3.46. The molecule has 0 saturated carbocycles. The van der Waals surface area contributed by atoms with Gasteiger partial charge in [-0.2, -0.15) is 0 Å². The van der Waals surface area contributed by atoms with E-state index in [2.05, 4.69) is 103 Å². The van der Waals surface area contributed by atoms with Gasteiger partial charge in [-0.1, -0.05) is 0 Å². The van der Waals surface area contributed by atoms with Crippen LogP contribution >= 0.6 is 0 Å². The summed E-state index contributed by atoms with van der Waals surface area (Å²) in [5.41, 5.74) is 2.03. The Balaban J connectivity index is -0.0000000825. The maximum Gasteiger partial charge on any atom is 0 e. The van der Waals surface area contributed by atoms with Gasteiger partial charge in [0.2, 0.25) is 5.36 Å². The molecule has 0 unspecified atom stereocenters. The van der Waals surface area contributed by atoms with Gasteiger partial charge >= 0.3 is 56.5 Å². The van der Waals surface area contributed by atoms with Gasteiger partial charge in [0, 0.05) is 29.4 Å². The number of hydrogen-bond donors (Lipinski definition) is 0. The Hall–Kier alpha value is -1.94. The summed E-state index contributed by atoms with van der Waals surface area (Å²) in [6.07, 6.45) is 0. The maximum atomic E-state index is 8.49. The molecule has 0 atom stereocenters. The summed E-state index contributed by atoms with van der Waals surface area (Å²) >= 11 is 0. The van der Waals surface area contributed by atoms with Gasteiger partial charge in [0.1, 0.15) is 17.8 Å². The molecule has 0 amide bonds. The standard InChI is InChI=1S/C16H28N3.5CO.ClHO4.Cr/c1-10(2)18(11(3)4)15-14(17-9)16(15)19(12(5)6)13(7)8;5*1-2;2-1(3,4)5;/h10-13H,1-8H3;;;;;;(H,2,3,4,5);/q+1;;;;;;;/p-1. The summed E-state index contributed by atoms with van der Waals surface area (Å²) in [5.74, 6) is 0. The number of nitrogens with zero attached hydrogens (tertiary/aromatic N) is 3. The first-order chi connectivity index (χ1) is 15.7. The van der Waals surface area contributed by atoms with E-state index in [0.29, 0.717) is 24.2 Å². The zero-order chi connectivity index (χ0) is 29.4. The topological polar surface area (TPSA) is 202 Å². The van der Waals surface area contributed by atoms with Crippen LogP contribution in [0, 0.1) is 50.1 Å². The number of anilines is 1. The van der Waals surface area contributed by atoms with E-state index in [0.717, 1.165) is 5.69 Å². The third-order valence-electron chi connectivity index (χ3n) is 3.46. The molecule has 0 aliphatic heterocycles. The van der Waals surface area contributed by atoms with Gasteiger partial charge in [-0.25, -0.2) is 28.1 Å². The van der Waals surface area contributed by atoms with Crippen LogP contribution in [0.25, 0.3) is 4.85 Å². The van der Waals surface area contributed by atoms with E-state index in [4.69, 9.17) is 48.5 Å². The summed E-state index contributed by atoms with van der Waals surface area (Å²) in [7, 11) is -4.94. The molecule has 1 rings (SSSR count). The van der Waals surface area contributed by atoms with Crippen LogP contribution in [0.1, 0.15) is 55.4 Å².